The van der Waals surface area contributed by atoms with Crippen LogP contribution in [0.1, 0.15) is 11.1 Å². The number of allylic oxidation sites excluding steroid dienone is 7. The molecule has 0 fully saturated rings. The van der Waals surface area contributed by atoms with Gasteiger partial charge in [-0.2, -0.15) is 5.26 Å². The number of carbonyl (C=O) groups is 1. The zero-order valence-electron chi connectivity index (χ0n) is 20.6. The lowest BCUT2D eigenvalue weighted by Crippen LogP contribution is -2.10. The summed E-state index contributed by atoms with van der Waals surface area (Å²) in [6.07, 6.45) is 15.5. The van der Waals surface area contributed by atoms with E-state index in [1.807, 2.05) is 85.0 Å². The van der Waals surface area contributed by atoms with Gasteiger partial charge in [-0.1, -0.05) is 149 Å². The van der Waals surface area contributed by atoms with E-state index in [1.165, 1.54) is 18.7 Å². The molecule has 0 aliphatic rings. The second-order valence-corrected chi connectivity index (χ2v) is 6.35. The number of ether oxygens (including phenoxy) is 1. The average molecular weight is 466 g/mol. The van der Waals surface area contributed by atoms with E-state index in [0.717, 1.165) is 5.56 Å². The maximum absolute atomic E-state index is 11.5. The highest BCUT2D eigenvalue weighted by atomic mass is 16.5. The van der Waals surface area contributed by atoms with Gasteiger partial charge >= 0.3 is 5.97 Å². The minimum Gasteiger partial charge on any atom is -0.466 e. The summed E-state index contributed by atoms with van der Waals surface area (Å²) < 4.78 is 4.69. The molecule has 2 aromatic rings. The van der Waals surface area contributed by atoms with Gasteiger partial charge in [-0.25, -0.2) is 4.79 Å². The van der Waals surface area contributed by atoms with E-state index in [9.17, 15) is 4.79 Å². The van der Waals surface area contributed by atoms with Crippen molar-refractivity contribution in [3.05, 3.63) is 159 Å². The van der Waals surface area contributed by atoms with E-state index in [-0.39, 0.29) is 5.92 Å². The predicted molar refractivity (Wildman–Crippen MR) is 152 cm³/mol. The Kier molecular flexibility index (Phi) is 22.3. The van der Waals surface area contributed by atoms with Crippen LogP contribution in [-0.2, 0) is 9.53 Å². The van der Waals surface area contributed by atoms with Gasteiger partial charge in [-0.05, 0) is 11.1 Å². The van der Waals surface area contributed by atoms with Crippen LogP contribution in [0.25, 0.3) is 12.2 Å². The smallest absolute Gasteiger partial charge is 0.334 e. The van der Waals surface area contributed by atoms with Gasteiger partial charge in [0.1, 0.15) is 0 Å². The first kappa shape index (κ1) is 32.5. The topological polar surface area (TPSA) is 50.1 Å². The van der Waals surface area contributed by atoms with E-state index in [4.69, 9.17) is 10.00 Å². The Labute approximate surface area is 211 Å². The SMILES string of the molecule is C=CC#N.C=CC=C.C=CC=CC(C=Cc1ccccc1)C(=C)C(=O)OC.C=Cc1ccccc1. The van der Waals surface area contributed by atoms with Crippen LogP contribution in [0, 0.1) is 17.2 Å². The van der Waals surface area contributed by atoms with Gasteiger partial charge < -0.3 is 4.74 Å². The van der Waals surface area contributed by atoms with Crippen LogP contribution in [0.4, 0.5) is 0 Å². The molecule has 35 heavy (non-hydrogen) atoms. The molecule has 2 aromatic carbocycles. The number of rotatable bonds is 8. The summed E-state index contributed by atoms with van der Waals surface area (Å²) >= 11 is 0. The van der Waals surface area contributed by atoms with Gasteiger partial charge in [-0.3, -0.25) is 0 Å². The van der Waals surface area contributed by atoms with Crippen LogP contribution < -0.4 is 0 Å². The van der Waals surface area contributed by atoms with Crippen molar-refractivity contribution >= 4 is 18.1 Å². The van der Waals surface area contributed by atoms with Gasteiger partial charge in [0, 0.05) is 17.6 Å². The Morgan fingerprint density at radius 3 is 1.69 bits per heavy atom. The first-order chi connectivity index (χ1) is 16.9. The summed E-state index contributed by atoms with van der Waals surface area (Å²) in [4.78, 5) is 11.5. The maximum Gasteiger partial charge on any atom is 0.334 e. The molecular formula is C32H35NO2. The molecule has 180 valence electrons. The normalized spacial score (nSPS) is 9.71. The largest absolute Gasteiger partial charge is 0.466 e. The van der Waals surface area contributed by atoms with E-state index in [1.54, 1.807) is 30.4 Å². The molecule has 1 unspecified atom stereocenters. The predicted octanol–water partition coefficient (Wildman–Crippen LogP) is 8.17. The summed E-state index contributed by atoms with van der Waals surface area (Å²) in [6.45, 7) is 20.9. The van der Waals surface area contributed by atoms with Crippen LogP contribution in [0.3, 0.4) is 0 Å². The van der Waals surface area contributed by atoms with Crippen LogP contribution in [-0.4, -0.2) is 13.1 Å². The quantitative estimate of drug-likeness (QED) is 0.171. The molecule has 0 N–H and O–H groups in total. The number of esters is 1. The van der Waals surface area contributed by atoms with Crippen LogP contribution in [0.2, 0.25) is 0 Å². The van der Waals surface area contributed by atoms with Crippen molar-refractivity contribution in [3.8, 4) is 6.07 Å². The highest BCUT2D eigenvalue weighted by molar-refractivity contribution is 5.89. The minimum absolute atomic E-state index is 0.203. The monoisotopic (exact) mass is 465 g/mol. The van der Waals surface area contributed by atoms with Crippen LogP contribution >= 0.6 is 0 Å². The molecule has 1 atom stereocenters. The number of methoxy groups -OCH3 is 1. The molecule has 3 nitrogen and oxygen atoms in total. The van der Waals surface area contributed by atoms with Crippen molar-refractivity contribution in [3.63, 3.8) is 0 Å². The van der Waals surface area contributed by atoms with Gasteiger partial charge in [-0.15, -0.1) is 0 Å². The Hall–Kier alpha value is -4.68. The maximum atomic E-state index is 11.5. The van der Waals surface area contributed by atoms with Crippen molar-refractivity contribution < 1.29 is 9.53 Å². The fraction of sp³-hybridized carbons (Fsp3) is 0.0625. The third-order valence-corrected chi connectivity index (χ3v) is 3.89. The lowest BCUT2D eigenvalue weighted by atomic mass is 9.98. The zero-order chi connectivity index (χ0) is 26.7. The summed E-state index contributed by atoms with van der Waals surface area (Å²) in [5.74, 6) is -0.609. The molecule has 0 saturated carbocycles. The highest BCUT2D eigenvalue weighted by Gasteiger charge is 2.14. The fourth-order valence-electron chi connectivity index (χ4n) is 2.13. The second kappa shape index (κ2) is 24.0. The van der Waals surface area contributed by atoms with E-state index < -0.39 is 5.97 Å². The van der Waals surface area contributed by atoms with Crippen LogP contribution in [0.5, 0.6) is 0 Å². The number of nitriles is 1. The number of carbonyl (C=O) groups excluding carboxylic acids is 1. The number of hydrogen-bond acceptors (Lipinski definition) is 3. The Bertz CT molecular complexity index is 1000. The average Bonchev–Trinajstić information content (AvgIpc) is 2.93. The van der Waals surface area contributed by atoms with Crippen LogP contribution in [0.15, 0.2) is 148 Å². The molecule has 0 heterocycles. The summed E-state index contributed by atoms with van der Waals surface area (Å²) in [7, 11) is 1.35. The second-order valence-electron chi connectivity index (χ2n) is 6.35. The highest BCUT2D eigenvalue weighted by Crippen LogP contribution is 2.16. The molecule has 0 saturated heterocycles. The molecule has 0 aliphatic carbocycles. The number of nitrogens with zero attached hydrogens (tertiary/aromatic N) is 1. The molecule has 0 radical (unpaired) electrons. The number of hydrogen-bond donors (Lipinski definition) is 0. The van der Waals surface area contributed by atoms with Crippen molar-refractivity contribution in [2.24, 2.45) is 5.92 Å². The molecule has 0 aromatic heterocycles. The first-order valence-corrected chi connectivity index (χ1v) is 10.7. The van der Waals surface area contributed by atoms with Gasteiger partial charge in [0.2, 0.25) is 0 Å². The molecule has 0 spiro atoms. The minimum atomic E-state index is -0.406. The third-order valence-electron chi connectivity index (χ3n) is 3.89. The van der Waals surface area contributed by atoms with Gasteiger partial charge in [0.25, 0.3) is 0 Å². The molecule has 3 heteroatoms. The van der Waals surface area contributed by atoms with Crippen molar-refractivity contribution in [1.82, 2.24) is 0 Å². The molecular weight excluding hydrogens is 430 g/mol. The van der Waals surface area contributed by atoms with Gasteiger partial charge in [0.05, 0.1) is 13.2 Å². The molecule has 0 amide bonds. The van der Waals surface area contributed by atoms with Crippen molar-refractivity contribution in [2.75, 3.05) is 7.11 Å². The first-order valence-electron chi connectivity index (χ1n) is 10.7. The van der Waals surface area contributed by atoms with Gasteiger partial charge in [0.15, 0.2) is 0 Å². The standard InChI is InChI=1S/C17H18O2.C8H8.C4H6.C3H3N/c1-4-5-11-16(14(2)17(18)19-3)13-12-15-9-7-6-8-10-15;1-2-8-6-4-3-5-7-8;1-3-4-2;1-2-3-4/h4-13,16H,1-2H2,3H3;2-7H,1H2;3-4H,1-2H2;2H,1H2. The molecule has 2 rings (SSSR count). The molecule has 0 bridgehead atoms. The fourth-order valence-corrected chi connectivity index (χ4v) is 2.13. The molecule has 0 aliphatic heterocycles. The third kappa shape index (κ3) is 18.6. The summed E-state index contributed by atoms with van der Waals surface area (Å²) in [6, 6.07) is 21.6. The van der Waals surface area contributed by atoms with E-state index in [0.29, 0.717) is 5.57 Å². The Morgan fingerprint density at radius 2 is 1.34 bits per heavy atom. The zero-order valence-corrected chi connectivity index (χ0v) is 20.6. The Morgan fingerprint density at radius 1 is 0.857 bits per heavy atom. The summed E-state index contributed by atoms with van der Waals surface area (Å²) in [5.41, 5.74) is 2.64. The van der Waals surface area contributed by atoms with Crippen molar-refractivity contribution in [1.29, 1.82) is 5.26 Å². The van der Waals surface area contributed by atoms with E-state index in [2.05, 4.69) is 39.5 Å². The van der Waals surface area contributed by atoms with Crippen molar-refractivity contribution in [2.45, 2.75) is 0 Å². The Balaban J connectivity index is 0. The number of benzene rings is 2. The van der Waals surface area contributed by atoms with E-state index >= 15 is 0 Å². The lowest BCUT2D eigenvalue weighted by Gasteiger charge is -2.09. The summed E-state index contributed by atoms with van der Waals surface area (Å²) in [5, 5.41) is 7.51. The lowest BCUT2D eigenvalue weighted by molar-refractivity contribution is -0.136.